The van der Waals surface area contributed by atoms with Gasteiger partial charge in [0, 0.05) is 18.7 Å². The molecule has 1 fully saturated rings. The van der Waals surface area contributed by atoms with E-state index in [1.807, 2.05) is 49.3 Å². The van der Waals surface area contributed by atoms with E-state index in [1.54, 1.807) is 24.3 Å². The van der Waals surface area contributed by atoms with Crippen LogP contribution in [0.2, 0.25) is 0 Å². The van der Waals surface area contributed by atoms with E-state index in [0.717, 1.165) is 5.56 Å². The van der Waals surface area contributed by atoms with Gasteiger partial charge in [-0.25, -0.2) is 0 Å². The lowest BCUT2D eigenvalue weighted by molar-refractivity contribution is -0.119. The molecule has 1 saturated heterocycles. The van der Waals surface area contributed by atoms with Crippen LogP contribution in [-0.2, 0) is 9.53 Å². The van der Waals surface area contributed by atoms with Crippen molar-refractivity contribution in [2.75, 3.05) is 40.4 Å². The molecule has 3 rings (SSSR count). The number of primary amides is 1. The maximum absolute atomic E-state index is 13.4. The number of morpholine rings is 1. The molecule has 0 radical (unpaired) electrons. The van der Waals surface area contributed by atoms with Gasteiger partial charge in [0.2, 0.25) is 0 Å². The summed E-state index contributed by atoms with van der Waals surface area (Å²) in [5.41, 5.74) is 6.67. The molecule has 1 aliphatic heterocycles. The number of ether oxygens (including phenoxy) is 2. The largest absolute Gasteiger partial charge is 0.484 e. The summed E-state index contributed by atoms with van der Waals surface area (Å²) in [5, 5.41) is 0. The third-order valence-electron chi connectivity index (χ3n) is 4.76. The number of nitrogens with zero attached hydrogens (tertiary/aromatic N) is 2. The maximum atomic E-state index is 13.4. The van der Waals surface area contributed by atoms with Crippen LogP contribution in [0.5, 0.6) is 5.75 Å². The van der Waals surface area contributed by atoms with Gasteiger partial charge in [-0.1, -0.05) is 36.4 Å². The molecule has 29 heavy (non-hydrogen) atoms. The van der Waals surface area contributed by atoms with Gasteiger partial charge in [-0.2, -0.15) is 0 Å². The van der Waals surface area contributed by atoms with Crippen LogP contribution in [0.25, 0.3) is 0 Å². The van der Waals surface area contributed by atoms with Gasteiger partial charge in [0.25, 0.3) is 11.8 Å². The third kappa shape index (κ3) is 5.34. The zero-order chi connectivity index (χ0) is 20.8. The predicted octanol–water partition coefficient (Wildman–Crippen LogP) is 1.69. The van der Waals surface area contributed by atoms with Crippen molar-refractivity contribution in [2.45, 2.75) is 12.1 Å². The Morgan fingerprint density at radius 3 is 2.62 bits per heavy atom. The second-order valence-corrected chi connectivity index (χ2v) is 7.31. The van der Waals surface area contributed by atoms with Crippen molar-refractivity contribution < 1.29 is 19.1 Å². The molecule has 2 atom stereocenters. The molecule has 2 aromatic rings. The minimum absolute atomic E-state index is 0.101. The Morgan fingerprint density at radius 1 is 1.17 bits per heavy atom. The van der Waals surface area contributed by atoms with Gasteiger partial charge in [-0.3, -0.25) is 9.59 Å². The van der Waals surface area contributed by atoms with Gasteiger partial charge in [0.15, 0.2) is 6.61 Å². The highest BCUT2D eigenvalue weighted by atomic mass is 16.5. The Morgan fingerprint density at radius 2 is 1.93 bits per heavy atom. The normalized spacial score (nSPS) is 19.2. The summed E-state index contributed by atoms with van der Waals surface area (Å²) in [4.78, 5) is 28.3. The molecule has 7 nitrogen and oxygen atoms in total. The van der Waals surface area contributed by atoms with E-state index in [2.05, 4.69) is 4.90 Å². The first-order chi connectivity index (χ1) is 14.0. The molecular weight excluding hydrogens is 370 g/mol. The fraction of sp³-hybridized carbons (Fsp3) is 0.364. The SMILES string of the molecule is CN(C)C[C@@H]1OCCN(C(=O)c2cccc(OCC(N)=O)c2)[C@H]1c1ccccc1. The lowest BCUT2D eigenvalue weighted by atomic mass is 9.96. The van der Waals surface area contributed by atoms with Crippen LogP contribution in [0.1, 0.15) is 22.0 Å². The lowest BCUT2D eigenvalue weighted by Gasteiger charge is -2.42. The number of benzene rings is 2. The van der Waals surface area contributed by atoms with Crippen molar-refractivity contribution in [3.63, 3.8) is 0 Å². The number of amides is 2. The number of likely N-dealkylation sites (N-methyl/N-ethyl adjacent to an activating group) is 1. The Hall–Kier alpha value is -2.90. The zero-order valence-corrected chi connectivity index (χ0v) is 16.8. The van der Waals surface area contributed by atoms with Gasteiger partial charge in [-0.05, 0) is 37.9 Å². The first-order valence-electron chi connectivity index (χ1n) is 9.59. The summed E-state index contributed by atoms with van der Waals surface area (Å²) in [6.07, 6.45) is -0.139. The van der Waals surface area contributed by atoms with Crippen molar-refractivity contribution in [1.29, 1.82) is 0 Å². The monoisotopic (exact) mass is 397 g/mol. The number of rotatable bonds is 7. The van der Waals surface area contributed by atoms with Gasteiger partial charge in [0.05, 0.1) is 18.8 Å². The van der Waals surface area contributed by atoms with Crippen LogP contribution >= 0.6 is 0 Å². The van der Waals surface area contributed by atoms with Gasteiger partial charge < -0.3 is 25.0 Å². The fourth-order valence-electron chi connectivity index (χ4n) is 3.56. The molecule has 7 heteroatoms. The summed E-state index contributed by atoms with van der Waals surface area (Å²) in [5.74, 6) is -0.231. The topological polar surface area (TPSA) is 85.1 Å². The van der Waals surface area contributed by atoms with E-state index in [9.17, 15) is 9.59 Å². The van der Waals surface area contributed by atoms with E-state index in [1.165, 1.54) is 0 Å². The Labute approximate surface area is 171 Å². The summed E-state index contributed by atoms with van der Waals surface area (Å²) < 4.78 is 11.4. The second kappa shape index (κ2) is 9.54. The smallest absolute Gasteiger partial charge is 0.255 e. The molecule has 0 aromatic heterocycles. The summed E-state index contributed by atoms with van der Waals surface area (Å²) in [7, 11) is 3.98. The number of carbonyl (C=O) groups is 2. The molecule has 0 saturated carbocycles. The van der Waals surface area contributed by atoms with Crippen molar-refractivity contribution >= 4 is 11.8 Å². The molecule has 0 unspecified atom stereocenters. The third-order valence-corrected chi connectivity index (χ3v) is 4.76. The molecule has 2 N–H and O–H groups in total. The van der Waals surface area contributed by atoms with E-state index in [4.69, 9.17) is 15.2 Å². The number of carbonyl (C=O) groups excluding carboxylic acids is 2. The van der Waals surface area contributed by atoms with Crippen LogP contribution < -0.4 is 10.5 Å². The van der Waals surface area contributed by atoms with Crippen LogP contribution in [-0.4, -0.2) is 68.1 Å². The highest BCUT2D eigenvalue weighted by Gasteiger charge is 2.37. The van der Waals surface area contributed by atoms with Gasteiger partial charge >= 0.3 is 0 Å². The minimum Gasteiger partial charge on any atom is -0.484 e. The van der Waals surface area contributed by atoms with Crippen LogP contribution in [0.15, 0.2) is 54.6 Å². The molecule has 0 spiro atoms. The minimum atomic E-state index is -0.564. The number of nitrogens with two attached hydrogens (primary N) is 1. The molecule has 2 amide bonds. The quantitative estimate of drug-likeness (QED) is 0.769. The highest BCUT2D eigenvalue weighted by Crippen LogP contribution is 2.31. The molecule has 1 aliphatic rings. The molecule has 2 aromatic carbocycles. The average molecular weight is 397 g/mol. The van der Waals surface area contributed by atoms with Crippen molar-refractivity contribution in [3.8, 4) is 5.75 Å². The molecule has 1 heterocycles. The molecule has 0 bridgehead atoms. The second-order valence-electron chi connectivity index (χ2n) is 7.31. The Bertz CT molecular complexity index is 841. The Kier molecular flexibility index (Phi) is 6.85. The maximum Gasteiger partial charge on any atom is 0.255 e. The van der Waals surface area contributed by atoms with E-state index < -0.39 is 5.91 Å². The van der Waals surface area contributed by atoms with E-state index in [0.29, 0.717) is 31.0 Å². The standard InChI is InChI=1S/C22H27N3O4/c1-24(2)14-19-21(16-7-4-3-5-8-16)25(11-12-28-19)22(27)17-9-6-10-18(13-17)29-15-20(23)26/h3-10,13,19,21H,11-12,14-15H2,1-2H3,(H2,23,26)/t19-,21-/m0/s1. The van der Waals surface area contributed by atoms with E-state index >= 15 is 0 Å². The van der Waals surface area contributed by atoms with Gasteiger partial charge in [0.1, 0.15) is 5.75 Å². The van der Waals surface area contributed by atoms with Crippen molar-refractivity contribution in [2.24, 2.45) is 5.73 Å². The van der Waals surface area contributed by atoms with Crippen LogP contribution in [0.3, 0.4) is 0 Å². The van der Waals surface area contributed by atoms with Crippen molar-refractivity contribution in [3.05, 3.63) is 65.7 Å². The molecular formula is C22H27N3O4. The van der Waals surface area contributed by atoms with Gasteiger partial charge in [-0.15, -0.1) is 0 Å². The predicted molar refractivity (Wildman–Crippen MR) is 110 cm³/mol. The lowest BCUT2D eigenvalue weighted by Crippen LogP contribution is -2.51. The molecule has 0 aliphatic carbocycles. The average Bonchev–Trinajstić information content (AvgIpc) is 2.72. The van der Waals surface area contributed by atoms with Crippen molar-refractivity contribution in [1.82, 2.24) is 9.80 Å². The summed E-state index contributed by atoms with van der Waals surface area (Å²) in [6.45, 7) is 1.44. The van der Waals surface area contributed by atoms with Crippen LogP contribution in [0.4, 0.5) is 0 Å². The zero-order valence-electron chi connectivity index (χ0n) is 16.8. The number of hydrogen-bond acceptors (Lipinski definition) is 5. The first kappa shape index (κ1) is 20.8. The van der Waals surface area contributed by atoms with E-state index in [-0.39, 0.29) is 24.7 Å². The summed E-state index contributed by atoms with van der Waals surface area (Å²) >= 11 is 0. The first-order valence-corrected chi connectivity index (χ1v) is 9.59. The number of hydrogen-bond donors (Lipinski definition) is 1. The molecule has 154 valence electrons. The van der Waals surface area contributed by atoms with Crippen LogP contribution in [0, 0.1) is 0 Å². The fourth-order valence-corrected chi connectivity index (χ4v) is 3.56. The highest BCUT2D eigenvalue weighted by molar-refractivity contribution is 5.95. The summed E-state index contributed by atoms with van der Waals surface area (Å²) in [6, 6.07) is 16.6. The Balaban J connectivity index is 1.89.